The standard InChI is InChI=1S/C9H15F2NO3/c10-8(11)9(15)12-6-4-2-1-3-5-7(13)14/h8H,1-6H2,(H,12,15)(H,13,14). The quantitative estimate of drug-likeness (QED) is 0.611. The molecule has 0 aliphatic rings. The molecule has 6 heteroatoms. The molecule has 0 spiro atoms. The number of alkyl halides is 2. The Labute approximate surface area is 86.7 Å². The van der Waals surface area contributed by atoms with Crippen LogP contribution in [-0.4, -0.2) is 30.0 Å². The van der Waals surface area contributed by atoms with Gasteiger partial charge in [-0.25, -0.2) is 0 Å². The summed E-state index contributed by atoms with van der Waals surface area (Å²) in [6, 6.07) is 0. The van der Waals surface area contributed by atoms with Crippen molar-refractivity contribution in [3.8, 4) is 0 Å². The monoisotopic (exact) mass is 223 g/mol. The number of carbonyl (C=O) groups excluding carboxylic acids is 1. The lowest BCUT2D eigenvalue weighted by Gasteiger charge is -2.03. The number of carboxylic acid groups (broad SMARTS) is 1. The third-order valence-electron chi connectivity index (χ3n) is 1.81. The molecule has 88 valence electrons. The molecule has 0 saturated carbocycles. The van der Waals surface area contributed by atoms with Crippen molar-refractivity contribution in [2.24, 2.45) is 0 Å². The van der Waals surface area contributed by atoms with Crippen molar-refractivity contribution in [2.45, 2.75) is 38.5 Å². The lowest BCUT2D eigenvalue weighted by atomic mass is 10.1. The zero-order chi connectivity index (χ0) is 11.7. The van der Waals surface area contributed by atoms with Gasteiger partial charge >= 0.3 is 12.4 Å². The number of halogens is 2. The first-order chi connectivity index (χ1) is 7.04. The van der Waals surface area contributed by atoms with Gasteiger partial charge in [0.2, 0.25) is 0 Å². The number of nitrogens with one attached hydrogen (secondary N) is 1. The van der Waals surface area contributed by atoms with Crippen LogP contribution in [0.3, 0.4) is 0 Å². The highest BCUT2D eigenvalue weighted by Gasteiger charge is 2.13. The molecule has 0 unspecified atom stereocenters. The summed E-state index contributed by atoms with van der Waals surface area (Å²) < 4.78 is 23.3. The van der Waals surface area contributed by atoms with Gasteiger partial charge in [0.25, 0.3) is 5.91 Å². The number of hydrogen-bond acceptors (Lipinski definition) is 2. The second-order valence-corrected chi connectivity index (χ2v) is 3.15. The highest BCUT2D eigenvalue weighted by Crippen LogP contribution is 2.02. The lowest BCUT2D eigenvalue weighted by molar-refractivity contribution is -0.137. The first-order valence-electron chi connectivity index (χ1n) is 4.81. The van der Waals surface area contributed by atoms with Crippen LogP contribution in [0.1, 0.15) is 32.1 Å². The van der Waals surface area contributed by atoms with Crippen LogP contribution >= 0.6 is 0 Å². The first-order valence-corrected chi connectivity index (χ1v) is 4.81. The van der Waals surface area contributed by atoms with Gasteiger partial charge in [-0.15, -0.1) is 0 Å². The summed E-state index contributed by atoms with van der Waals surface area (Å²) in [7, 11) is 0. The molecule has 4 nitrogen and oxygen atoms in total. The number of unbranched alkanes of at least 4 members (excludes halogenated alkanes) is 3. The van der Waals surface area contributed by atoms with E-state index in [2.05, 4.69) is 5.32 Å². The van der Waals surface area contributed by atoms with Crippen LogP contribution in [0.25, 0.3) is 0 Å². The van der Waals surface area contributed by atoms with Crippen molar-refractivity contribution in [3.05, 3.63) is 0 Å². The molecule has 2 N–H and O–H groups in total. The number of carbonyl (C=O) groups is 2. The van der Waals surface area contributed by atoms with E-state index in [1.165, 1.54) is 0 Å². The van der Waals surface area contributed by atoms with E-state index < -0.39 is 18.3 Å². The predicted molar refractivity (Wildman–Crippen MR) is 49.7 cm³/mol. The van der Waals surface area contributed by atoms with Crippen LogP contribution in [0.15, 0.2) is 0 Å². The van der Waals surface area contributed by atoms with Crippen LogP contribution in [-0.2, 0) is 9.59 Å². The molecule has 0 heterocycles. The smallest absolute Gasteiger partial charge is 0.315 e. The van der Waals surface area contributed by atoms with E-state index in [0.717, 1.165) is 12.8 Å². The molecule has 0 bridgehead atoms. The summed E-state index contributed by atoms with van der Waals surface area (Å²) in [6.45, 7) is 0.218. The first kappa shape index (κ1) is 13.8. The Bertz CT molecular complexity index is 210. The molecule has 0 aromatic heterocycles. The Morgan fingerprint density at radius 2 is 1.73 bits per heavy atom. The molecule has 15 heavy (non-hydrogen) atoms. The minimum Gasteiger partial charge on any atom is -0.481 e. The zero-order valence-corrected chi connectivity index (χ0v) is 8.34. The van der Waals surface area contributed by atoms with Gasteiger partial charge in [0.1, 0.15) is 0 Å². The summed E-state index contributed by atoms with van der Waals surface area (Å²) >= 11 is 0. The van der Waals surface area contributed by atoms with Crippen molar-refractivity contribution in [1.82, 2.24) is 5.32 Å². The van der Waals surface area contributed by atoms with Crippen LogP contribution in [0.4, 0.5) is 8.78 Å². The predicted octanol–water partition coefficient (Wildman–Crippen LogP) is 1.40. The normalized spacial score (nSPS) is 10.3. The molecule has 0 aromatic rings. The summed E-state index contributed by atoms with van der Waals surface area (Å²) in [6.07, 6.45) is -0.190. The van der Waals surface area contributed by atoms with Gasteiger partial charge in [0.05, 0.1) is 0 Å². The van der Waals surface area contributed by atoms with Gasteiger partial charge in [-0.05, 0) is 12.8 Å². The van der Waals surface area contributed by atoms with Crippen molar-refractivity contribution in [1.29, 1.82) is 0 Å². The van der Waals surface area contributed by atoms with E-state index >= 15 is 0 Å². The minimum atomic E-state index is -2.96. The third kappa shape index (κ3) is 9.11. The van der Waals surface area contributed by atoms with E-state index in [0.29, 0.717) is 12.8 Å². The Morgan fingerprint density at radius 3 is 2.27 bits per heavy atom. The average molecular weight is 223 g/mol. The number of rotatable bonds is 8. The van der Waals surface area contributed by atoms with Gasteiger partial charge in [0, 0.05) is 13.0 Å². The highest BCUT2D eigenvalue weighted by molar-refractivity contribution is 5.78. The molecule has 0 aliphatic heterocycles. The maximum atomic E-state index is 11.7. The van der Waals surface area contributed by atoms with E-state index in [1.807, 2.05) is 0 Å². The fraction of sp³-hybridized carbons (Fsp3) is 0.778. The molecule has 0 aromatic carbocycles. The zero-order valence-electron chi connectivity index (χ0n) is 8.34. The summed E-state index contributed by atoms with van der Waals surface area (Å²) in [5.74, 6) is -2.08. The molecule has 0 saturated heterocycles. The average Bonchev–Trinajstić information content (AvgIpc) is 2.15. The molecular formula is C9H15F2NO3. The van der Waals surface area contributed by atoms with Crippen LogP contribution in [0, 0.1) is 0 Å². The Kier molecular flexibility index (Phi) is 7.49. The summed E-state index contributed by atoms with van der Waals surface area (Å²) in [4.78, 5) is 20.5. The van der Waals surface area contributed by atoms with Crippen molar-refractivity contribution >= 4 is 11.9 Å². The number of carboxylic acids is 1. The second-order valence-electron chi connectivity index (χ2n) is 3.15. The second kappa shape index (κ2) is 8.14. The fourth-order valence-electron chi connectivity index (χ4n) is 1.04. The molecule has 1 amide bonds. The minimum absolute atomic E-state index is 0.128. The van der Waals surface area contributed by atoms with Gasteiger partial charge in [0.15, 0.2) is 0 Å². The Morgan fingerprint density at radius 1 is 1.13 bits per heavy atom. The van der Waals surface area contributed by atoms with Crippen LogP contribution in [0.5, 0.6) is 0 Å². The topological polar surface area (TPSA) is 66.4 Å². The lowest BCUT2D eigenvalue weighted by Crippen LogP contribution is -2.30. The van der Waals surface area contributed by atoms with Gasteiger partial charge in [-0.1, -0.05) is 12.8 Å². The van der Waals surface area contributed by atoms with E-state index in [9.17, 15) is 18.4 Å². The van der Waals surface area contributed by atoms with Gasteiger partial charge < -0.3 is 10.4 Å². The molecule has 0 aliphatic carbocycles. The Balaban J connectivity index is 3.18. The maximum absolute atomic E-state index is 11.7. The summed E-state index contributed by atoms with van der Waals surface area (Å²) in [5.41, 5.74) is 0. The van der Waals surface area contributed by atoms with Crippen molar-refractivity contribution in [2.75, 3.05) is 6.54 Å². The van der Waals surface area contributed by atoms with Gasteiger partial charge in [-0.3, -0.25) is 9.59 Å². The van der Waals surface area contributed by atoms with Gasteiger partial charge in [-0.2, -0.15) is 8.78 Å². The molecule has 0 radical (unpaired) electrons. The number of aliphatic carboxylic acids is 1. The maximum Gasteiger partial charge on any atom is 0.315 e. The highest BCUT2D eigenvalue weighted by atomic mass is 19.3. The van der Waals surface area contributed by atoms with Crippen molar-refractivity contribution < 1.29 is 23.5 Å². The van der Waals surface area contributed by atoms with Crippen molar-refractivity contribution in [3.63, 3.8) is 0 Å². The largest absolute Gasteiger partial charge is 0.481 e. The van der Waals surface area contributed by atoms with E-state index in [4.69, 9.17) is 5.11 Å². The van der Waals surface area contributed by atoms with Crippen LogP contribution < -0.4 is 5.32 Å². The molecule has 0 atom stereocenters. The summed E-state index contributed by atoms with van der Waals surface area (Å²) in [5, 5.41) is 10.4. The molecule has 0 fully saturated rings. The number of hydrogen-bond donors (Lipinski definition) is 2. The fourth-order valence-corrected chi connectivity index (χ4v) is 1.04. The van der Waals surface area contributed by atoms with Crippen LogP contribution in [0.2, 0.25) is 0 Å². The van der Waals surface area contributed by atoms with E-state index in [-0.39, 0.29) is 13.0 Å². The SMILES string of the molecule is O=C(O)CCCCCCNC(=O)C(F)F. The van der Waals surface area contributed by atoms with E-state index in [1.54, 1.807) is 0 Å². The number of amides is 1. The third-order valence-corrected chi connectivity index (χ3v) is 1.81. The molecule has 0 rings (SSSR count). The Hall–Kier alpha value is -1.20. The molecular weight excluding hydrogens is 208 g/mol.